The number of hydrogen-bond donors (Lipinski definition) is 2. The Labute approximate surface area is 359 Å². The van der Waals surface area contributed by atoms with Gasteiger partial charge in [-0.15, -0.1) is 0 Å². The highest BCUT2D eigenvalue weighted by Crippen LogP contribution is 2.16. The quantitative estimate of drug-likeness (QED) is 0.138. The maximum Gasteiger partial charge on any atom is 0.338 e. The van der Waals surface area contributed by atoms with Crippen LogP contribution in [0.5, 0.6) is 0 Å². The lowest BCUT2D eigenvalue weighted by molar-refractivity contribution is -0.162. The van der Waals surface area contributed by atoms with Crippen LogP contribution in [0, 0.1) is 22.7 Å². The summed E-state index contributed by atoms with van der Waals surface area (Å²) < 4.78 is 4.62. The van der Waals surface area contributed by atoms with Gasteiger partial charge in [-0.1, -0.05) is 46.8 Å². The van der Waals surface area contributed by atoms with Crippen molar-refractivity contribution in [1.82, 2.24) is 40.1 Å². The summed E-state index contributed by atoms with van der Waals surface area (Å²) in [5, 5.41) is 10.7. The molecule has 0 saturated carbocycles. The molecule has 2 aliphatic rings. The maximum atomic E-state index is 11.9. The first-order chi connectivity index (χ1) is 28.6. The number of carbonyl (C=O) groups excluding carboxylic acids is 6. The summed E-state index contributed by atoms with van der Waals surface area (Å²) in [5.41, 5.74) is -1.08. The topological polar surface area (TPSA) is 242 Å². The largest absolute Gasteiger partial charge is 0.478 e. The van der Waals surface area contributed by atoms with Crippen LogP contribution in [0.25, 0.3) is 18.2 Å². The van der Waals surface area contributed by atoms with E-state index in [4.69, 9.17) is 16.7 Å². The molecule has 0 radical (unpaired) electrons. The molecular weight excluding hydrogens is 808 g/mol. The molecule has 3 amide bonds. The van der Waals surface area contributed by atoms with Crippen molar-refractivity contribution in [2.75, 3.05) is 13.1 Å². The Kier molecular flexibility index (Phi) is 23.1. The average molecular weight is 859 g/mol. The minimum absolute atomic E-state index is 0.0306. The zero-order valence-electron chi connectivity index (χ0n) is 35.3. The second-order valence-corrected chi connectivity index (χ2v) is 15.2. The lowest BCUT2D eigenvalue weighted by Gasteiger charge is -2.23. The fourth-order valence-electron chi connectivity index (χ4n) is 3.61. The predicted octanol–water partition coefficient (Wildman–Crippen LogP) is 5.34. The van der Waals surface area contributed by atoms with E-state index in [0.29, 0.717) is 29.9 Å². The number of amides is 3. The van der Waals surface area contributed by atoms with E-state index >= 15 is 0 Å². The summed E-state index contributed by atoms with van der Waals surface area (Å²) >= 11 is 5.11. The molecule has 5 rings (SSSR count). The number of aromatic nitrogens is 6. The maximum absolute atomic E-state index is 11.9. The Morgan fingerprint density at radius 3 is 1.51 bits per heavy atom. The number of esters is 2. The highest BCUT2D eigenvalue weighted by atomic mass is 35.5. The number of imide groups is 1. The van der Waals surface area contributed by atoms with Gasteiger partial charge in [0.1, 0.15) is 0 Å². The summed E-state index contributed by atoms with van der Waals surface area (Å²) in [6.45, 7) is 15.6. The standard InChI is InChI=1S/C13H13N3O2.C12H14N2O3.C7H6N2O2.C6H9NO.C5H9ClO/c1-10-3-5-12(17)16(9-10)13(18)6-4-11-14-7-2-8-15-11;1-12(2,3)11(16)17-10(15)6-5-9-13-7-4-8-14-9;10-7(11)3-2-6-8-4-1-5-9-6;1-5-2-3-6(8)7-4-5;1-5(2,3)4(6)7/h2-8,10H,9H2,1H3;4-8H,1-3H3;1-5H,(H,10,11);2-3,5H,4H2,1H3,(H,7,8);1-3H3/b6-4+;6-5+;3-2+;;. The molecule has 2 aliphatic heterocycles. The smallest absolute Gasteiger partial charge is 0.338 e. The van der Waals surface area contributed by atoms with Crippen molar-refractivity contribution in [2.24, 2.45) is 22.7 Å². The highest BCUT2D eigenvalue weighted by Gasteiger charge is 2.25. The van der Waals surface area contributed by atoms with Crippen molar-refractivity contribution in [3.63, 3.8) is 0 Å². The van der Waals surface area contributed by atoms with E-state index in [1.54, 1.807) is 109 Å². The van der Waals surface area contributed by atoms with Gasteiger partial charge in [0.2, 0.25) is 11.1 Å². The normalized spacial score (nSPS) is 15.7. The number of nitrogens with zero attached hydrogens (tertiary/aromatic N) is 7. The molecular formula is C43H51ClN8O9. The molecule has 2 N–H and O–H groups in total. The second kappa shape index (κ2) is 27.0. The van der Waals surface area contributed by atoms with Gasteiger partial charge in [0, 0.05) is 73.9 Å². The summed E-state index contributed by atoms with van der Waals surface area (Å²) in [7, 11) is 0. The Morgan fingerprint density at radius 2 is 1.13 bits per heavy atom. The first-order valence-corrected chi connectivity index (χ1v) is 19.0. The predicted molar refractivity (Wildman–Crippen MR) is 228 cm³/mol. The third kappa shape index (κ3) is 24.6. The van der Waals surface area contributed by atoms with Crippen molar-refractivity contribution in [3.05, 3.63) is 115 Å². The number of nitrogens with one attached hydrogen (secondary N) is 1. The number of ether oxygens (including phenoxy) is 1. The van der Waals surface area contributed by atoms with E-state index in [0.717, 1.165) is 18.7 Å². The molecule has 17 nitrogen and oxygen atoms in total. The van der Waals surface area contributed by atoms with E-state index in [-0.39, 0.29) is 34.3 Å². The Balaban J connectivity index is 0.000000400. The molecule has 0 aliphatic carbocycles. The summed E-state index contributed by atoms with van der Waals surface area (Å²) in [6.07, 6.45) is 23.8. The minimum atomic E-state index is -1.00. The molecule has 18 heteroatoms. The van der Waals surface area contributed by atoms with E-state index in [1.807, 2.05) is 13.0 Å². The van der Waals surface area contributed by atoms with Gasteiger partial charge in [0.15, 0.2) is 17.5 Å². The van der Waals surface area contributed by atoms with E-state index in [1.165, 1.54) is 35.3 Å². The van der Waals surface area contributed by atoms with Gasteiger partial charge in [-0.05, 0) is 92.8 Å². The molecule has 0 fully saturated rings. The molecule has 0 saturated heterocycles. The molecule has 2 atom stereocenters. The van der Waals surface area contributed by atoms with Gasteiger partial charge in [0.25, 0.3) is 11.8 Å². The second-order valence-electron chi connectivity index (χ2n) is 14.8. The van der Waals surface area contributed by atoms with Crippen LogP contribution in [-0.4, -0.2) is 93.9 Å². The first kappa shape index (κ1) is 52.1. The molecule has 0 aromatic carbocycles. The molecule has 0 bridgehead atoms. The Hall–Kier alpha value is -6.88. The molecule has 324 valence electrons. The zero-order valence-corrected chi connectivity index (χ0v) is 36.0. The van der Waals surface area contributed by atoms with E-state index in [2.05, 4.69) is 46.9 Å². The van der Waals surface area contributed by atoms with Crippen molar-refractivity contribution < 1.29 is 43.4 Å². The SMILES string of the molecule is CC(C)(C)C(=O)Cl.CC(C)(C)C(=O)OC(=O)/C=C/c1ncccn1.CC1C=CC(=O)N(C(=O)/C=C/c2ncccn2)C1.CC1C=CC(=O)NC1.O=C(O)/C=C/c1ncccn1. The van der Waals surface area contributed by atoms with E-state index < -0.39 is 23.3 Å². The Morgan fingerprint density at radius 1 is 0.705 bits per heavy atom. The van der Waals surface area contributed by atoms with Crippen LogP contribution in [0.4, 0.5) is 0 Å². The zero-order chi connectivity index (χ0) is 46.0. The third-order valence-corrected chi connectivity index (χ3v) is 7.58. The molecule has 61 heavy (non-hydrogen) atoms. The fourth-order valence-corrected chi connectivity index (χ4v) is 3.61. The van der Waals surface area contributed by atoms with Gasteiger partial charge in [-0.25, -0.2) is 39.5 Å². The van der Waals surface area contributed by atoms with Crippen LogP contribution in [0.3, 0.4) is 0 Å². The van der Waals surface area contributed by atoms with E-state index in [9.17, 15) is 33.6 Å². The van der Waals surface area contributed by atoms with Gasteiger partial charge in [0.05, 0.1) is 5.41 Å². The number of aliphatic carboxylic acids is 1. The van der Waals surface area contributed by atoms with Crippen LogP contribution in [-0.2, 0) is 38.3 Å². The van der Waals surface area contributed by atoms with Crippen molar-refractivity contribution in [2.45, 2.75) is 55.4 Å². The van der Waals surface area contributed by atoms with Crippen LogP contribution >= 0.6 is 11.6 Å². The molecule has 3 aromatic heterocycles. The van der Waals surface area contributed by atoms with Crippen LogP contribution in [0.1, 0.15) is 72.9 Å². The number of carboxylic acids is 1. The number of rotatable bonds is 6. The highest BCUT2D eigenvalue weighted by molar-refractivity contribution is 6.64. The molecule has 2 unspecified atom stereocenters. The van der Waals surface area contributed by atoms with Crippen LogP contribution in [0.2, 0.25) is 0 Å². The Bertz CT molecular complexity index is 2060. The summed E-state index contributed by atoms with van der Waals surface area (Å²) in [4.78, 5) is 101. The average Bonchev–Trinajstić information content (AvgIpc) is 3.22. The number of carbonyl (C=O) groups is 7. The van der Waals surface area contributed by atoms with Crippen LogP contribution in [0.15, 0.2) is 97.9 Å². The van der Waals surface area contributed by atoms with Gasteiger partial charge >= 0.3 is 17.9 Å². The number of hydrogen-bond acceptors (Lipinski definition) is 14. The van der Waals surface area contributed by atoms with Gasteiger partial charge in [-0.2, -0.15) is 0 Å². The lowest BCUT2D eigenvalue weighted by Crippen LogP contribution is -2.40. The number of carboxylic acid groups (broad SMARTS) is 1. The third-order valence-electron chi connectivity index (χ3n) is 7.02. The van der Waals surface area contributed by atoms with Crippen molar-refractivity contribution in [3.8, 4) is 0 Å². The van der Waals surface area contributed by atoms with Gasteiger partial charge in [-0.3, -0.25) is 28.9 Å². The fraction of sp³-hybridized carbons (Fsp3) is 0.326. The van der Waals surface area contributed by atoms with Crippen molar-refractivity contribution in [1.29, 1.82) is 0 Å². The minimum Gasteiger partial charge on any atom is -0.478 e. The number of halogens is 1. The summed E-state index contributed by atoms with van der Waals surface area (Å²) in [5.74, 6) is -0.971. The van der Waals surface area contributed by atoms with Gasteiger partial charge < -0.3 is 15.2 Å². The monoisotopic (exact) mass is 858 g/mol. The lowest BCUT2D eigenvalue weighted by atomic mass is 9.97. The molecule has 5 heterocycles. The molecule has 0 spiro atoms. The van der Waals surface area contributed by atoms with Crippen molar-refractivity contribution >= 4 is 70.7 Å². The summed E-state index contributed by atoms with van der Waals surface area (Å²) in [6, 6.07) is 5.02. The first-order valence-electron chi connectivity index (χ1n) is 18.6. The van der Waals surface area contributed by atoms with Crippen LogP contribution < -0.4 is 5.32 Å². The molecule has 3 aromatic rings.